The predicted molar refractivity (Wildman–Crippen MR) is 43.8 cm³/mol. The molecule has 0 saturated carbocycles. The van der Waals surface area contributed by atoms with E-state index in [-0.39, 0.29) is 0 Å². The van der Waals surface area contributed by atoms with Gasteiger partial charge in [0.25, 0.3) is 0 Å². The molecular formula is C8H10NSi. The first-order valence-electron chi connectivity index (χ1n) is 3.28. The average Bonchev–Trinajstić information content (AvgIpc) is 1.88. The molecule has 0 atom stereocenters. The number of nitrogens with one attached hydrogen (secondary N) is 1. The van der Waals surface area contributed by atoms with E-state index in [1.165, 1.54) is 11.1 Å². The zero-order valence-electron chi connectivity index (χ0n) is 6.02. The standard InChI is InChI=1S/C8H10NSi/c1-7-3-2-4-8(5-7)6-9-10/h2-5,9H,6H2,1H3. The van der Waals surface area contributed by atoms with Gasteiger partial charge in [-0.3, -0.25) is 0 Å². The average molecular weight is 148 g/mol. The minimum Gasteiger partial charge on any atom is -0.337 e. The van der Waals surface area contributed by atoms with Crippen molar-refractivity contribution < 1.29 is 0 Å². The molecule has 0 aliphatic heterocycles. The zero-order chi connectivity index (χ0) is 7.40. The Morgan fingerprint density at radius 2 is 2.30 bits per heavy atom. The lowest BCUT2D eigenvalue weighted by Gasteiger charge is -1.99. The Morgan fingerprint density at radius 1 is 1.50 bits per heavy atom. The summed E-state index contributed by atoms with van der Waals surface area (Å²) in [5, 5.41) is 0. The zero-order valence-corrected chi connectivity index (χ0v) is 7.02. The molecule has 10 heavy (non-hydrogen) atoms. The monoisotopic (exact) mass is 148 g/mol. The summed E-state index contributed by atoms with van der Waals surface area (Å²) < 4.78 is 0. The molecule has 0 aliphatic carbocycles. The van der Waals surface area contributed by atoms with Crippen LogP contribution in [0.5, 0.6) is 0 Å². The summed E-state index contributed by atoms with van der Waals surface area (Å²) in [6.45, 7) is 2.97. The van der Waals surface area contributed by atoms with Gasteiger partial charge in [0.15, 0.2) is 0 Å². The Balaban J connectivity index is 2.75. The molecule has 0 fully saturated rings. The van der Waals surface area contributed by atoms with Gasteiger partial charge >= 0.3 is 0 Å². The Labute approximate surface area is 65.0 Å². The Hall–Kier alpha value is -0.603. The van der Waals surface area contributed by atoms with Gasteiger partial charge in [0.05, 0.1) is 0 Å². The van der Waals surface area contributed by atoms with Crippen molar-refractivity contribution in [2.24, 2.45) is 0 Å². The van der Waals surface area contributed by atoms with E-state index in [1.54, 1.807) is 0 Å². The quantitative estimate of drug-likeness (QED) is 0.621. The van der Waals surface area contributed by atoms with Crippen LogP contribution in [-0.2, 0) is 6.54 Å². The molecule has 0 heterocycles. The molecule has 1 aromatic carbocycles. The molecule has 0 amide bonds. The largest absolute Gasteiger partial charge is 0.337 e. The second-order valence-electron chi connectivity index (χ2n) is 2.34. The van der Waals surface area contributed by atoms with Gasteiger partial charge in [-0.15, -0.1) is 0 Å². The normalized spacial score (nSPS) is 9.80. The summed E-state index contributed by atoms with van der Waals surface area (Å²) in [7, 11) is 3.21. The topological polar surface area (TPSA) is 12.0 Å². The number of aryl methyl sites for hydroxylation is 1. The Kier molecular flexibility index (Phi) is 2.65. The van der Waals surface area contributed by atoms with Crippen LogP contribution in [0.2, 0.25) is 0 Å². The number of hydrogen-bond acceptors (Lipinski definition) is 1. The van der Waals surface area contributed by atoms with E-state index >= 15 is 0 Å². The lowest BCUT2D eigenvalue weighted by atomic mass is 10.1. The molecule has 1 N–H and O–H groups in total. The molecular weight excluding hydrogens is 138 g/mol. The van der Waals surface area contributed by atoms with Gasteiger partial charge in [-0.2, -0.15) is 0 Å². The number of benzene rings is 1. The van der Waals surface area contributed by atoms with Gasteiger partial charge in [0, 0.05) is 6.54 Å². The van der Waals surface area contributed by atoms with Crippen LogP contribution < -0.4 is 4.98 Å². The molecule has 0 spiro atoms. The smallest absolute Gasteiger partial charge is 0.140 e. The minimum atomic E-state index is 0.874. The van der Waals surface area contributed by atoms with Gasteiger partial charge in [0.1, 0.15) is 10.4 Å². The van der Waals surface area contributed by atoms with Crippen molar-refractivity contribution in [3.8, 4) is 0 Å². The molecule has 1 aromatic rings. The maximum Gasteiger partial charge on any atom is 0.140 e. The van der Waals surface area contributed by atoms with E-state index in [1.807, 2.05) is 0 Å². The fourth-order valence-electron chi connectivity index (χ4n) is 0.924. The van der Waals surface area contributed by atoms with Gasteiger partial charge in [-0.1, -0.05) is 29.8 Å². The maximum atomic E-state index is 3.21. The lowest BCUT2D eigenvalue weighted by molar-refractivity contribution is 0.959. The molecule has 0 unspecified atom stereocenters. The molecule has 0 aliphatic rings. The summed E-state index contributed by atoms with van der Waals surface area (Å²) in [5.41, 5.74) is 2.61. The van der Waals surface area contributed by atoms with Gasteiger partial charge in [0.2, 0.25) is 0 Å². The first-order valence-corrected chi connectivity index (χ1v) is 3.78. The fourth-order valence-corrected chi connectivity index (χ4v) is 1.13. The van der Waals surface area contributed by atoms with E-state index in [0.717, 1.165) is 6.54 Å². The summed E-state index contributed by atoms with van der Waals surface area (Å²) in [6.07, 6.45) is 0. The van der Waals surface area contributed by atoms with Crippen molar-refractivity contribution in [1.29, 1.82) is 0 Å². The van der Waals surface area contributed by atoms with Crippen LogP contribution in [-0.4, -0.2) is 10.4 Å². The van der Waals surface area contributed by atoms with Crippen LogP contribution in [0.4, 0.5) is 0 Å². The van der Waals surface area contributed by atoms with Gasteiger partial charge < -0.3 is 4.98 Å². The van der Waals surface area contributed by atoms with E-state index in [9.17, 15) is 0 Å². The van der Waals surface area contributed by atoms with Crippen molar-refractivity contribution in [2.45, 2.75) is 13.5 Å². The van der Waals surface area contributed by atoms with E-state index in [4.69, 9.17) is 0 Å². The minimum absolute atomic E-state index is 0.874. The van der Waals surface area contributed by atoms with E-state index in [0.29, 0.717) is 0 Å². The molecule has 51 valence electrons. The highest BCUT2D eigenvalue weighted by molar-refractivity contribution is 6.04. The van der Waals surface area contributed by atoms with E-state index in [2.05, 4.69) is 46.6 Å². The van der Waals surface area contributed by atoms with Crippen molar-refractivity contribution in [3.63, 3.8) is 0 Å². The van der Waals surface area contributed by atoms with Crippen LogP contribution in [0.3, 0.4) is 0 Å². The molecule has 0 bridgehead atoms. The van der Waals surface area contributed by atoms with Gasteiger partial charge in [-0.05, 0) is 12.5 Å². The van der Waals surface area contributed by atoms with Crippen LogP contribution in [0.1, 0.15) is 11.1 Å². The molecule has 1 nitrogen and oxygen atoms in total. The second kappa shape index (κ2) is 3.54. The van der Waals surface area contributed by atoms with Crippen molar-refractivity contribution in [1.82, 2.24) is 4.98 Å². The third kappa shape index (κ3) is 1.97. The summed E-state index contributed by atoms with van der Waals surface area (Å²) in [5.74, 6) is 0. The molecule has 3 radical (unpaired) electrons. The number of rotatable bonds is 2. The van der Waals surface area contributed by atoms with Crippen LogP contribution in [0.15, 0.2) is 24.3 Å². The summed E-state index contributed by atoms with van der Waals surface area (Å²) in [6, 6.07) is 8.42. The number of hydrogen-bond donors (Lipinski definition) is 1. The highest BCUT2D eigenvalue weighted by Crippen LogP contribution is 2.02. The van der Waals surface area contributed by atoms with Crippen LogP contribution in [0.25, 0.3) is 0 Å². The molecule has 2 heteroatoms. The molecule has 1 rings (SSSR count). The van der Waals surface area contributed by atoms with Crippen molar-refractivity contribution in [2.75, 3.05) is 0 Å². The predicted octanol–water partition coefficient (Wildman–Crippen LogP) is 1.17. The third-order valence-electron chi connectivity index (χ3n) is 1.37. The molecule has 0 saturated heterocycles. The second-order valence-corrected chi connectivity index (χ2v) is 2.70. The van der Waals surface area contributed by atoms with Crippen molar-refractivity contribution >= 4 is 10.4 Å². The Morgan fingerprint density at radius 3 is 2.90 bits per heavy atom. The third-order valence-corrected chi connectivity index (χ3v) is 1.55. The first kappa shape index (κ1) is 7.50. The van der Waals surface area contributed by atoms with Crippen LogP contribution in [0, 0.1) is 6.92 Å². The van der Waals surface area contributed by atoms with Crippen LogP contribution >= 0.6 is 0 Å². The molecule has 0 aromatic heterocycles. The SMILES string of the molecule is Cc1cccc(CN[Si])c1. The summed E-state index contributed by atoms with van der Waals surface area (Å²) >= 11 is 0. The fraction of sp³-hybridized carbons (Fsp3) is 0.250. The first-order chi connectivity index (χ1) is 4.83. The van der Waals surface area contributed by atoms with E-state index < -0.39 is 0 Å². The Bertz CT molecular complexity index is 210. The highest BCUT2D eigenvalue weighted by atomic mass is 28.2. The highest BCUT2D eigenvalue weighted by Gasteiger charge is 1.88. The van der Waals surface area contributed by atoms with Gasteiger partial charge in [-0.25, -0.2) is 0 Å². The van der Waals surface area contributed by atoms with Crippen molar-refractivity contribution in [3.05, 3.63) is 35.4 Å². The lowest BCUT2D eigenvalue weighted by Crippen LogP contribution is -2.06. The maximum absolute atomic E-state index is 3.21. The summed E-state index contributed by atoms with van der Waals surface area (Å²) in [4.78, 5) is 2.92.